The van der Waals surface area contributed by atoms with E-state index < -0.39 is 0 Å². The molecule has 102 valence electrons. The summed E-state index contributed by atoms with van der Waals surface area (Å²) < 4.78 is 2.03. The monoisotopic (exact) mass is 305 g/mol. The van der Waals surface area contributed by atoms with Crippen LogP contribution < -0.4 is 11.3 Å². The molecule has 1 amide bonds. The second-order valence-electron chi connectivity index (χ2n) is 4.37. The molecule has 6 heteroatoms. The van der Waals surface area contributed by atoms with E-state index in [0.29, 0.717) is 16.4 Å². The Morgan fingerprint density at radius 3 is 3.00 bits per heavy atom. The highest BCUT2D eigenvalue weighted by Gasteiger charge is 2.13. The summed E-state index contributed by atoms with van der Waals surface area (Å²) in [7, 11) is 0. The zero-order chi connectivity index (χ0) is 14.1. The number of aromatic nitrogens is 1. The molecule has 0 radical (unpaired) electrons. The highest BCUT2D eigenvalue weighted by atomic mass is 35.5. The van der Waals surface area contributed by atoms with Gasteiger partial charge in [0.25, 0.3) is 5.91 Å². The fourth-order valence-electron chi connectivity index (χ4n) is 2.25. The second kappa shape index (κ2) is 5.28. The molecule has 3 rings (SSSR count). The summed E-state index contributed by atoms with van der Waals surface area (Å²) in [5.41, 5.74) is 4.07. The quantitative estimate of drug-likeness (QED) is 0.444. The van der Waals surface area contributed by atoms with Crippen LogP contribution in [0.15, 0.2) is 41.9 Å². The third-order valence-corrected chi connectivity index (χ3v) is 4.42. The number of rotatable bonds is 3. The summed E-state index contributed by atoms with van der Waals surface area (Å²) in [6.07, 6.45) is 1.97. The maximum absolute atomic E-state index is 11.7. The number of thiophene rings is 1. The average Bonchev–Trinajstić information content (AvgIpc) is 3.07. The lowest BCUT2D eigenvalue weighted by molar-refractivity contribution is 0.0957. The summed E-state index contributed by atoms with van der Waals surface area (Å²) in [4.78, 5) is 12.3. The smallest absolute Gasteiger partial charge is 0.275 e. The number of benzene rings is 1. The van der Waals surface area contributed by atoms with Gasteiger partial charge in [-0.3, -0.25) is 10.2 Å². The van der Waals surface area contributed by atoms with Gasteiger partial charge in [-0.2, -0.15) is 0 Å². The zero-order valence-corrected chi connectivity index (χ0v) is 12.0. The normalized spacial score (nSPS) is 10.9. The molecule has 0 fully saturated rings. The van der Waals surface area contributed by atoms with Crippen molar-refractivity contribution < 1.29 is 4.79 Å². The van der Waals surface area contributed by atoms with Crippen molar-refractivity contribution in [3.05, 3.63) is 57.4 Å². The minimum absolute atomic E-state index is 0.266. The number of carbonyl (C=O) groups excluding carboxylic acids is 1. The third-order valence-electron chi connectivity index (χ3n) is 3.16. The van der Waals surface area contributed by atoms with Crippen LogP contribution in [0.4, 0.5) is 0 Å². The zero-order valence-electron chi connectivity index (χ0n) is 10.5. The van der Waals surface area contributed by atoms with Crippen LogP contribution in [0.5, 0.6) is 0 Å². The summed E-state index contributed by atoms with van der Waals surface area (Å²) in [5.74, 6) is 4.93. The van der Waals surface area contributed by atoms with Crippen LogP contribution in [0.2, 0.25) is 5.02 Å². The molecule has 0 spiro atoms. The van der Waals surface area contributed by atoms with E-state index in [1.165, 1.54) is 11.3 Å². The Morgan fingerprint density at radius 2 is 2.20 bits per heavy atom. The number of nitrogens with one attached hydrogen (secondary N) is 1. The molecule has 20 heavy (non-hydrogen) atoms. The van der Waals surface area contributed by atoms with Crippen molar-refractivity contribution in [3.63, 3.8) is 0 Å². The highest BCUT2D eigenvalue weighted by Crippen LogP contribution is 2.26. The molecule has 0 aliphatic carbocycles. The first-order chi connectivity index (χ1) is 9.70. The fourth-order valence-corrected chi connectivity index (χ4v) is 3.36. The molecule has 0 atom stereocenters. The van der Waals surface area contributed by atoms with Crippen molar-refractivity contribution in [1.82, 2.24) is 9.99 Å². The molecule has 2 heterocycles. The van der Waals surface area contributed by atoms with Crippen LogP contribution in [-0.2, 0) is 6.54 Å². The number of hydrogen-bond acceptors (Lipinski definition) is 3. The van der Waals surface area contributed by atoms with Crippen molar-refractivity contribution in [3.8, 4) is 0 Å². The van der Waals surface area contributed by atoms with Crippen LogP contribution in [0.25, 0.3) is 10.9 Å². The van der Waals surface area contributed by atoms with Gasteiger partial charge in [0.05, 0.1) is 15.4 Å². The summed E-state index contributed by atoms with van der Waals surface area (Å²) >= 11 is 7.63. The Balaban J connectivity index is 2.02. The van der Waals surface area contributed by atoms with Gasteiger partial charge in [-0.1, -0.05) is 23.7 Å². The summed E-state index contributed by atoms with van der Waals surface area (Å²) in [6.45, 7) is 0.583. The van der Waals surface area contributed by atoms with Crippen LogP contribution in [0.1, 0.15) is 15.2 Å². The van der Waals surface area contributed by atoms with Gasteiger partial charge < -0.3 is 4.57 Å². The summed E-state index contributed by atoms with van der Waals surface area (Å²) in [5, 5.41) is 3.66. The van der Waals surface area contributed by atoms with Gasteiger partial charge in [-0.25, -0.2) is 5.84 Å². The van der Waals surface area contributed by atoms with Gasteiger partial charge in [0.15, 0.2) is 0 Å². The van der Waals surface area contributed by atoms with Crippen LogP contribution >= 0.6 is 22.9 Å². The van der Waals surface area contributed by atoms with E-state index in [9.17, 15) is 4.79 Å². The number of halogens is 1. The molecule has 2 aromatic heterocycles. The molecule has 0 bridgehead atoms. The van der Waals surface area contributed by atoms with Gasteiger partial charge in [0, 0.05) is 18.1 Å². The minimum atomic E-state index is -0.266. The van der Waals surface area contributed by atoms with E-state index >= 15 is 0 Å². The molecule has 0 saturated carbocycles. The number of para-hydroxylation sites is 1. The van der Waals surface area contributed by atoms with Crippen LogP contribution in [0.3, 0.4) is 0 Å². The Morgan fingerprint density at radius 1 is 1.35 bits per heavy atom. The Labute approximate surface area is 124 Å². The molecule has 0 aliphatic heterocycles. The maximum atomic E-state index is 11.7. The van der Waals surface area contributed by atoms with E-state index in [-0.39, 0.29) is 5.91 Å². The fraction of sp³-hybridized carbons (Fsp3) is 0.0714. The van der Waals surface area contributed by atoms with E-state index in [2.05, 4.69) is 5.43 Å². The number of nitrogens with two attached hydrogens (primary N) is 1. The number of hydrazine groups is 1. The number of amides is 1. The first-order valence-electron chi connectivity index (χ1n) is 6.01. The van der Waals surface area contributed by atoms with Gasteiger partial charge in [-0.05, 0) is 29.1 Å². The Kier molecular flexibility index (Phi) is 3.48. The molecule has 0 unspecified atom stereocenters. The number of carbonyl (C=O) groups is 1. The van der Waals surface area contributed by atoms with Crippen molar-refractivity contribution in [2.45, 2.75) is 6.54 Å². The Bertz CT molecular complexity index is 778. The second-order valence-corrected chi connectivity index (χ2v) is 5.69. The lowest BCUT2D eigenvalue weighted by atomic mass is 10.2. The SMILES string of the molecule is NNC(=O)c1sccc1Cn1ccc2cccc(Cl)c21. The number of fused-ring (bicyclic) bond motifs is 1. The third kappa shape index (κ3) is 2.20. The molecular weight excluding hydrogens is 294 g/mol. The van der Waals surface area contributed by atoms with Crippen LogP contribution in [0, 0.1) is 0 Å². The molecule has 3 aromatic rings. The van der Waals surface area contributed by atoms with Crippen molar-refractivity contribution in [1.29, 1.82) is 0 Å². The van der Waals surface area contributed by atoms with Gasteiger partial charge in [0.2, 0.25) is 0 Å². The van der Waals surface area contributed by atoms with Gasteiger partial charge >= 0.3 is 0 Å². The first kappa shape index (κ1) is 13.2. The summed E-state index contributed by atoms with van der Waals surface area (Å²) in [6, 6.07) is 9.74. The number of nitrogen functional groups attached to an aromatic ring is 1. The molecule has 0 saturated heterocycles. The van der Waals surface area contributed by atoms with Crippen molar-refractivity contribution in [2.75, 3.05) is 0 Å². The average molecular weight is 306 g/mol. The predicted octanol–water partition coefficient (Wildman–Crippen LogP) is 3.01. The lowest BCUT2D eigenvalue weighted by Gasteiger charge is -2.07. The minimum Gasteiger partial charge on any atom is -0.342 e. The lowest BCUT2D eigenvalue weighted by Crippen LogP contribution is -2.30. The van der Waals surface area contributed by atoms with E-state index in [4.69, 9.17) is 17.4 Å². The van der Waals surface area contributed by atoms with Crippen molar-refractivity contribution >= 4 is 39.7 Å². The maximum Gasteiger partial charge on any atom is 0.275 e. The van der Waals surface area contributed by atoms with E-state index in [1.54, 1.807) is 0 Å². The topological polar surface area (TPSA) is 60.0 Å². The largest absolute Gasteiger partial charge is 0.342 e. The van der Waals surface area contributed by atoms with E-state index in [1.807, 2.05) is 46.5 Å². The Hall–Kier alpha value is -1.82. The number of nitrogens with zero attached hydrogens (tertiary/aromatic N) is 1. The van der Waals surface area contributed by atoms with E-state index in [0.717, 1.165) is 16.5 Å². The molecule has 0 aliphatic rings. The van der Waals surface area contributed by atoms with Gasteiger partial charge in [-0.15, -0.1) is 11.3 Å². The molecular formula is C14H12ClN3OS. The molecule has 4 nitrogen and oxygen atoms in total. The highest BCUT2D eigenvalue weighted by molar-refractivity contribution is 7.12. The first-order valence-corrected chi connectivity index (χ1v) is 7.27. The molecule has 1 aromatic carbocycles. The van der Waals surface area contributed by atoms with Crippen molar-refractivity contribution in [2.24, 2.45) is 5.84 Å². The van der Waals surface area contributed by atoms with Crippen LogP contribution in [-0.4, -0.2) is 10.5 Å². The molecule has 3 N–H and O–H groups in total. The standard InChI is InChI=1S/C14H12ClN3OS/c15-11-3-1-2-9-4-6-18(12(9)11)8-10-5-7-20-13(10)14(19)17-16/h1-7H,8,16H2,(H,17,19). The predicted molar refractivity (Wildman–Crippen MR) is 82.0 cm³/mol. The number of hydrogen-bond donors (Lipinski definition) is 2. The van der Waals surface area contributed by atoms with Gasteiger partial charge in [0.1, 0.15) is 0 Å².